The topological polar surface area (TPSA) is 12.4 Å². The Kier molecular flexibility index (Phi) is 3.91. The van der Waals surface area contributed by atoms with Crippen molar-refractivity contribution in [2.75, 3.05) is 0 Å². The summed E-state index contributed by atoms with van der Waals surface area (Å²) in [5.41, 5.74) is 8.80. The first kappa shape index (κ1) is 16.9. The van der Waals surface area contributed by atoms with Gasteiger partial charge in [-0.3, -0.25) is 4.99 Å². The SMILES string of the molecule is C=CC=Nc1ccc2cc1C=C1CC1c1cccc(c1)C1(C)C=CC=CC=C21. The molecule has 0 amide bonds. The number of allylic oxidation sites excluding steroid dienone is 8. The van der Waals surface area contributed by atoms with Crippen molar-refractivity contribution in [3.05, 3.63) is 113 Å². The van der Waals surface area contributed by atoms with Crippen LogP contribution in [0, 0.1) is 0 Å². The van der Waals surface area contributed by atoms with E-state index in [0.29, 0.717) is 5.92 Å². The van der Waals surface area contributed by atoms with Crippen LogP contribution in [-0.2, 0) is 5.41 Å². The fourth-order valence-electron chi connectivity index (χ4n) is 4.41. The van der Waals surface area contributed by atoms with Crippen LogP contribution in [0.25, 0.3) is 11.6 Å². The number of aliphatic imine (C=N–C) groups is 1. The minimum atomic E-state index is -0.178. The molecule has 2 unspecified atom stereocenters. The lowest BCUT2D eigenvalue weighted by molar-refractivity contribution is 0.779. The van der Waals surface area contributed by atoms with E-state index in [9.17, 15) is 0 Å². The molecule has 1 saturated carbocycles. The second kappa shape index (κ2) is 6.45. The van der Waals surface area contributed by atoms with E-state index in [2.05, 4.69) is 97.4 Å². The van der Waals surface area contributed by atoms with Crippen LogP contribution < -0.4 is 0 Å². The molecule has 28 heavy (non-hydrogen) atoms. The molecule has 0 N–H and O–H groups in total. The summed E-state index contributed by atoms with van der Waals surface area (Å²) in [4.78, 5) is 4.60. The highest BCUT2D eigenvalue weighted by Crippen LogP contribution is 2.51. The second-order valence-corrected chi connectivity index (χ2v) is 7.92. The predicted molar refractivity (Wildman–Crippen MR) is 120 cm³/mol. The largest absolute Gasteiger partial charge is 0.256 e. The van der Waals surface area contributed by atoms with E-state index in [1.807, 2.05) is 0 Å². The number of rotatable bonds is 2. The highest BCUT2D eigenvalue weighted by molar-refractivity contribution is 5.84. The molecule has 1 fully saturated rings. The van der Waals surface area contributed by atoms with Gasteiger partial charge in [-0.25, -0.2) is 0 Å². The van der Waals surface area contributed by atoms with Crippen molar-refractivity contribution in [3.8, 4) is 0 Å². The molecular formula is C27H23N. The van der Waals surface area contributed by atoms with Crippen molar-refractivity contribution >= 4 is 23.6 Å². The van der Waals surface area contributed by atoms with Crippen molar-refractivity contribution < 1.29 is 0 Å². The smallest absolute Gasteiger partial charge is 0.0702 e. The molecule has 0 aromatic heterocycles. The zero-order valence-electron chi connectivity index (χ0n) is 16.1. The van der Waals surface area contributed by atoms with Gasteiger partial charge in [0.1, 0.15) is 0 Å². The van der Waals surface area contributed by atoms with Crippen molar-refractivity contribution in [2.45, 2.75) is 24.7 Å². The Morgan fingerprint density at radius 2 is 2.04 bits per heavy atom. The van der Waals surface area contributed by atoms with Gasteiger partial charge in [-0.15, -0.1) is 0 Å². The maximum absolute atomic E-state index is 4.60. The van der Waals surface area contributed by atoms with Crippen LogP contribution in [-0.4, -0.2) is 6.21 Å². The minimum Gasteiger partial charge on any atom is -0.256 e. The number of benzene rings is 2. The van der Waals surface area contributed by atoms with Crippen molar-refractivity contribution in [1.29, 1.82) is 0 Å². The molecule has 2 aromatic carbocycles. The van der Waals surface area contributed by atoms with Gasteiger partial charge in [-0.1, -0.05) is 85.0 Å². The first-order valence-corrected chi connectivity index (χ1v) is 9.86. The average Bonchev–Trinajstić information content (AvgIpc) is 3.50. The maximum Gasteiger partial charge on any atom is 0.0702 e. The van der Waals surface area contributed by atoms with Gasteiger partial charge >= 0.3 is 0 Å². The van der Waals surface area contributed by atoms with Gasteiger partial charge < -0.3 is 0 Å². The molecule has 4 bridgehead atoms. The van der Waals surface area contributed by atoms with Crippen LogP contribution in [0.15, 0.2) is 96.1 Å². The Balaban J connectivity index is 1.80. The van der Waals surface area contributed by atoms with Crippen LogP contribution in [0.1, 0.15) is 41.5 Å². The summed E-state index contributed by atoms with van der Waals surface area (Å²) >= 11 is 0. The number of nitrogens with zero attached hydrogens (tertiary/aromatic N) is 1. The Morgan fingerprint density at radius 3 is 2.93 bits per heavy atom. The molecule has 136 valence electrons. The molecule has 1 nitrogen and oxygen atoms in total. The predicted octanol–water partition coefficient (Wildman–Crippen LogP) is 6.93. The summed E-state index contributed by atoms with van der Waals surface area (Å²) in [6.45, 7) is 6.08. The normalized spacial score (nSPS) is 24.4. The van der Waals surface area contributed by atoms with Gasteiger partial charge in [-0.2, -0.15) is 0 Å². The summed E-state index contributed by atoms with van der Waals surface area (Å²) in [6.07, 6.45) is 18.0. The Hall–Kier alpha value is -3.19. The molecule has 1 heteroatoms. The zero-order valence-corrected chi connectivity index (χ0v) is 16.1. The highest BCUT2D eigenvalue weighted by Gasteiger charge is 2.35. The third-order valence-corrected chi connectivity index (χ3v) is 6.09. The molecule has 3 aliphatic carbocycles. The van der Waals surface area contributed by atoms with E-state index in [4.69, 9.17) is 0 Å². The van der Waals surface area contributed by atoms with E-state index >= 15 is 0 Å². The average molecular weight is 361 g/mol. The molecular weight excluding hydrogens is 338 g/mol. The molecule has 0 radical (unpaired) electrons. The third-order valence-electron chi connectivity index (χ3n) is 6.09. The summed E-state index contributed by atoms with van der Waals surface area (Å²) in [5, 5.41) is 0. The molecule has 5 rings (SSSR count). The first-order chi connectivity index (χ1) is 13.7. The molecule has 3 aliphatic rings. The molecule has 2 atom stereocenters. The quantitative estimate of drug-likeness (QED) is 0.514. The molecule has 0 heterocycles. The van der Waals surface area contributed by atoms with Gasteiger partial charge in [0.2, 0.25) is 0 Å². The van der Waals surface area contributed by atoms with Crippen LogP contribution in [0.2, 0.25) is 0 Å². The van der Waals surface area contributed by atoms with Crippen LogP contribution >= 0.6 is 0 Å². The van der Waals surface area contributed by atoms with Gasteiger partial charge in [0, 0.05) is 23.1 Å². The highest BCUT2D eigenvalue weighted by atomic mass is 14.7. The Labute approximate surface area is 166 Å². The maximum atomic E-state index is 4.60. The van der Waals surface area contributed by atoms with E-state index in [-0.39, 0.29) is 5.41 Å². The van der Waals surface area contributed by atoms with Gasteiger partial charge in [-0.05, 0) is 47.7 Å². The Bertz CT molecular complexity index is 1120. The van der Waals surface area contributed by atoms with Crippen molar-refractivity contribution in [3.63, 3.8) is 0 Å². The van der Waals surface area contributed by atoms with Crippen molar-refractivity contribution in [2.24, 2.45) is 4.99 Å². The van der Waals surface area contributed by atoms with Gasteiger partial charge in [0.15, 0.2) is 0 Å². The second-order valence-electron chi connectivity index (χ2n) is 7.92. The monoisotopic (exact) mass is 361 g/mol. The molecule has 2 aromatic rings. The first-order valence-electron chi connectivity index (χ1n) is 9.86. The van der Waals surface area contributed by atoms with Crippen molar-refractivity contribution in [1.82, 2.24) is 0 Å². The van der Waals surface area contributed by atoms with Gasteiger partial charge in [0.25, 0.3) is 0 Å². The number of hydrogen-bond donors (Lipinski definition) is 0. The van der Waals surface area contributed by atoms with Crippen LogP contribution in [0.5, 0.6) is 0 Å². The number of hydrogen-bond acceptors (Lipinski definition) is 1. The summed E-state index contributed by atoms with van der Waals surface area (Å²) in [5.74, 6) is 0.529. The summed E-state index contributed by atoms with van der Waals surface area (Å²) < 4.78 is 0. The molecule has 0 saturated heterocycles. The zero-order chi connectivity index (χ0) is 19.1. The van der Waals surface area contributed by atoms with E-state index in [1.54, 1.807) is 12.3 Å². The number of fused-ring (bicyclic) bond motifs is 9. The van der Waals surface area contributed by atoms with Crippen LogP contribution in [0.3, 0.4) is 0 Å². The van der Waals surface area contributed by atoms with Gasteiger partial charge in [0.05, 0.1) is 5.69 Å². The lowest BCUT2D eigenvalue weighted by atomic mass is 9.72. The lowest BCUT2D eigenvalue weighted by Crippen LogP contribution is -2.21. The lowest BCUT2D eigenvalue weighted by Gasteiger charge is -2.31. The van der Waals surface area contributed by atoms with E-state index in [1.165, 1.54) is 33.4 Å². The van der Waals surface area contributed by atoms with E-state index < -0.39 is 0 Å². The fourth-order valence-corrected chi connectivity index (χ4v) is 4.41. The summed E-state index contributed by atoms with van der Waals surface area (Å²) in [6, 6.07) is 15.8. The van der Waals surface area contributed by atoms with Crippen LogP contribution in [0.4, 0.5) is 5.69 Å². The third kappa shape index (κ3) is 2.75. The Morgan fingerprint density at radius 1 is 1.11 bits per heavy atom. The molecule has 0 spiro atoms. The van der Waals surface area contributed by atoms with E-state index in [0.717, 1.165) is 12.1 Å². The minimum absolute atomic E-state index is 0.178. The fraction of sp³-hybridized carbons (Fsp3) is 0.148. The molecule has 0 aliphatic heterocycles. The summed E-state index contributed by atoms with van der Waals surface area (Å²) in [7, 11) is 0. The standard InChI is InChI=1S/C27H23N/c1-3-14-28-26-12-11-20-15-22(26)16-21-18-24(21)19-8-7-9-23(17-19)27(2)13-6-4-5-10-25(20)27/h3-17,24H,1,18H2,2H3.